The molecule has 0 spiro atoms. The van der Waals surface area contributed by atoms with Crippen molar-refractivity contribution in [2.24, 2.45) is 0 Å². The molecule has 3 aromatic rings. The van der Waals surface area contributed by atoms with Crippen LogP contribution in [0.15, 0.2) is 77.7 Å². The zero-order chi connectivity index (χ0) is 28.0. The second kappa shape index (κ2) is 12.4. The van der Waals surface area contributed by atoms with Gasteiger partial charge in [-0.05, 0) is 47.0 Å². The fourth-order valence-corrected chi connectivity index (χ4v) is 4.90. The molecule has 1 fully saturated rings. The first-order chi connectivity index (χ1) is 18.6. The molecular formula is C28H22F3NO5S2. The molecule has 0 unspecified atom stereocenters. The van der Waals surface area contributed by atoms with E-state index in [0.717, 1.165) is 34.4 Å². The number of alkyl halides is 3. The Kier molecular flexibility index (Phi) is 8.93. The number of hydrogen-bond donors (Lipinski definition) is 1. The van der Waals surface area contributed by atoms with Gasteiger partial charge in [0.2, 0.25) is 0 Å². The van der Waals surface area contributed by atoms with Gasteiger partial charge in [0.25, 0.3) is 5.91 Å². The molecule has 6 nitrogen and oxygen atoms in total. The lowest BCUT2D eigenvalue weighted by atomic mass is 10.1. The Morgan fingerprint density at radius 3 is 2.36 bits per heavy atom. The number of carboxylic acid groups (broad SMARTS) is 1. The van der Waals surface area contributed by atoms with E-state index in [0.29, 0.717) is 29.0 Å². The number of carbonyl (C=O) groups excluding carboxylic acids is 1. The summed E-state index contributed by atoms with van der Waals surface area (Å²) in [5.74, 6) is -0.826. The fraction of sp³-hybridized carbons (Fsp3) is 0.179. The van der Waals surface area contributed by atoms with Gasteiger partial charge in [0.1, 0.15) is 17.5 Å². The van der Waals surface area contributed by atoms with Crippen molar-refractivity contribution in [3.8, 4) is 11.5 Å². The van der Waals surface area contributed by atoms with E-state index in [1.165, 1.54) is 12.1 Å². The summed E-state index contributed by atoms with van der Waals surface area (Å²) < 4.78 is 50.5. The van der Waals surface area contributed by atoms with E-state index >= 15 is 0 Å². The van der Waals surface area contributed by atoms with Crippen LogP contribution in [0.1, 0.15) is 22.3 Å². The number of carbonyl (C=O) groups is 2. The van der Waals surface area contributed by atoms with Crippen molar-refractivity contribution < 1.29 is 37.3 Å². The Morgan fingerprint density at radius 1 is 0.974 bits per heavy atom. The number of benzene rings is 3. The Hall–Kier alpha value is -3.83. The van der Waals surface area contributed by atoms with Gasteiger partial charge >= 0.3 is 12.1 Å². The predicted octanol–water partition coefficient (Wildman–Crippen LogP) is 6.19. The zero-order valence-electron chi connectivity index (χ0n) is 20.3. The van der Waals surface area contributed by atoms with Crippen LogP contribution >= 0.6 is 24.0 Å². The minimum absolute atomic E-state index is 0.164. The van der Waals surface area contributed by atoms with Crippen molar-refractivity contribution in [3.63, 3.8) is 0 Å². The van der Waals surface area contributed by atoms with Gasteiger partial charge in [-0.3, -0.25) is 14.5 Å². The van der Waals surface area contributed by atoms with Crippen LogP contribution in [0.4, 0.5) is 13.2 Å². The van der Waals surface area contributed by atoms with Crippen molar-refractivity contribution in [1.29, 1.82) is 0 Å². The van der Waals surface area contributed by atoms with Crippen molar-refractivity contribution in [3.05, 3.63) is 100.0 Å². The molecular weight excluding hydrogens is 551 g/mol. The molecule has 0 radical (unpaired) electrons. The van der Waals surface area contributed by atoms with Crippen LogP contribution in [-0.4, -0.2) is 39.4 Å². The third kappa shape index (κ3) is 7.61. The summed E-state index contributed by atoms with van der Waals surface area (Å²) in [5, 5.41) is 9.04. The molecule has 0 atom stereocenters. The highest BCUT2D eigenvalue weighted by molar-refractivity contribution is 8.26. The molecule has 0 saturated carbocycles. The third-order valence-electron chi connectivity index (χ3n) is 5.60. The van der Waals surface area contributed by atoms with Gasteiger partial charge in [-0.1, -0.05) is 72.5 Å². The summed E-state index contributed by atoms with van der Waals surface area (Å²) >= 11 is 6.16. The quantitative estimate of drug-likeness (QED) is 0.229. The number of thiocarbonyl (C=S) groups is 1. The predicted molar refractivity (Wildman–Crippen MR) is 145 cm³/mol. The normalized spacial score (nSPS) is 14.6. The number of halogens is 3. The maximum atomic E-state index is 12.8. The molecule has 39 heavy (non-hydrogen) atoms. The summed E-state index contributed by atoms with van der Waals surface area (Å²) in [6, 6.07) is 19.5. The number of ether oxygens (including phenoxy) is 2. The number of amides is 1. The number of carboxylic acids is 1. The van der Waals surface area contributed by atoms with Crippen molar-refractivity contribution in [1.82, 2.24) is 4.90 Å². The van der Waals surface area contributed by atoms with Crippen molar-refractivity contribution >= 4 is 46.3 Å². The smallest absolute Gasteiger partial charge is 0.416 e. The third-order valence-corrected chi connectivity index (χ3v) is 6.98. The van der Waals surface area contributed by atoms with Gasteiger partial charge in [0.05, 0.1) is 17.1 Å². The van der Waals surface area contributed by atoms with Crippen LogP contribution in [0.3, 0.4) is 0 Å². The second-order valence-electron chi connectivity index (χ2n) is 8.44. The van der Waals surface area contributed by atoms with Crippen molar-refractivity contribution in [2.45, 2.75) is 19.2 Å². The lowest BCUT2D eigenvalue weighted by Crippen LogP contribution is -2.33. The molecule has 11 heteroatoms. The van der Waals surface area contributed by atoms with Crippen LogP contribution < -0.4 is 9.47 Å². The van der Waals surface area contributed by atoms with E-state index in [9.17, 15) is 22.8 Å². The molecule has 0 bridgehead atoms. The highest BCUT2D eigenvalue weighted by atomic mass is 32.2. The van der Waals surface area contributed by atoms with E-state index in [1.807, 2.05) is 30.3 Å². The van der Waals surface area contributed by atoms with Crippen LogP contribution in [0.5, 0.6) is 11.5 Å². The number of nitrogens with zero attached hydrogens (tertiary/aromatic N) is 1. The summed E-state index contributed by atoms with van der Waals surface area (Å²) in [4.78, 5) is 25.0. The van der Waals surface area contributed by atoms with Gasteiger partial charge in [-0.25, -0.2) is 0 Å². The van der Waals surface area contributed by atoms with E-state index in [1.54, 1.807) is 24.3 Å². The minimum Gasteiger partial charge on any atom is -0.489 e. The number of hydrogen-bond acceptors (Lipinski definition) is 6. The largest absolute Gasteiger partial charge is 0.489 e. The summed E-state index contributed by atoms with van der Waals surface area (Å²) in [7, 11) is 0. The molecule has 1 N–H and O–H groups in total. The minimum atomic E-state index is -4.39. The molecule has 1 amide bonds. The molecule has 3 aromatic carbocycles. The first-order valence-corrected chi connectivity index (χ1v) is 12.9. The van der Waals surface area contributed by atoms with Crippen LogP contribution in [0.2, 0.25) is 0 Å². The van der Waals surface area contributed by atoms with Gasteiger partial charge < -0.3 is 14.6 Å². The summed E-state index contributed by atoms with van der Waals surface area (Å²) in [5.41, 5.74) is 1.52. The Bertz CT molecular complexity index is 1390. The number of thioether (sulfide) groups is 1. The van der Waals surface area contributed by atoms with Gasteiger partial charge in [0.15, 0.2) is 11.5 Å². The Morgan fingerprint density at radius 2 is 1.69 bits per heavy atom. The summed E-state index contributed by atoms with van der Waals surface area (Å²) in [6.45, 7) is -0.0697. The molecule has 4 rings (SSSR count). The number of aliphatic carboxylic acids is 1. The standard InChI is InChI=1S/C28H22F3NO5S2/c29-28(30,31)21-9-6-18(7-10-21)12-13-36-22-11-8-20(14-23(22)37-17-19-4-2-1-3-5-19)15-24-26(35)32(16-25(33)34)27(38)39-24/h1-11,14-15H,12-13,16-17H2,(H,33,34)/b24-15-. The molecule has 202 valence electrons. The molecule has 0 aromatic heterocycles. The maximum absolute atomic E-state index is 12.8. The monoisotopic (exact) mass is 573 g/mol. The van der Waals surface area contributed by atoms with E-state index in [2.05, 4.69) is 0 Å². The fourth-order valence-electron chi connectivity index (χ4n) is 3.64. The lowest BCUT2D eigenvalue weighted by Gasteiger charge is -2.14. The van der Waals surface area contributed by atoms with Gasteiger partial charge in [0, 0.05) is 6.42 Å². The summed E-state index contributed by atoms with van der Waals surface area (Å²) in [6.07, 6.45) is -2.41. The van der Waals surface area contributed by atoms with E-state index in [-0.39, 0.29) is 22.4 Å². The van der Waals surface area contributed by atoms with Gasteiger partial charge in [-0.15, -0.1) is 0 Å². The highest BCUT2D eigenvalue weighted by Gasteiger charge is 2.33. The number of rotatable bonds is 10. The Balaban J connectivity index is 1.50. The second-order valence-corrected chi connectivity index (χ2v) is 10.1. The molecule has 0 aliphatic carbocycles. The van der Waals surface area contributed by atoms with E-state index in [4.69, 9.17) is 26.8 Å². The van der Waals surface area contributed by atoms with E-state index < -0.39 is 30.2 Å². The first kappa shape index (κ1) is 28.2. The average molecular weight is 574 g/mol. The van der Waals surface area contributed by atoms with Crippen LogP contribution in [0, 0.1) is 0 Å². The maximum Gasteiger partial charge on any atom is 0.416 e. The molecule has 1 saturated heterocycles. The van der Waals surface area contributed by atoms with Crippen molar-refractivity contribution in [2.75, 3.05) is 13.2 Å². The first-order valence-electron chi connectivity index (χ1n) is 11.7. The lowest BCUT2D eigenvalue weighted by molar-refractivity contribution is -0.140. The topological polar surface area (TPSA) is 76.1 Å². The molecule has 1 aliphatic heterocycles. The molecule has 1 aliphatic rings. The SMILES string of the molecule is O=C(O)CN1C(=O)/C(=C/c2ccc(OCCc3ccc(C(F)(F)F)cc3)c(OCc3ccccc3)c2)SC1=S. The average Bonchev–Trinajstić information content (AvgIpc) is 3.15. The van der Waals surface area contributed by atoms with Crippen LogP contribution in [0.25, 0.3) is 6.08 Å². The zero-order valence-corrected chi connectivity index (χ0v) is 21.9. The van der Waals surface area contributed by atoms with Crippen LogP contribution in [-0.2, 0) is 28.8 Å². The molecule has 1 heterocycles. The highest BCUT2D eigenvalue weighted by Crippen LogP contribution is 2.35. The Labute approximate surface area is 232 Å². The van der Waals surface area contributed by atoms with Gasteiger partial charge in [-0.2, -0.15) is 13.2 Å².